The van der Waals surface area contributed by atoms with Crippen LogP contribution in [0.25, 0.3) is 0 Å². The van der Waals surface area contributed by atoms with Crippen molar-refractivity contribution in [2.75, 3.05) is 13.6 Å². The van der Waals surface area contributed by atoms with Crippen LogP contribution in [0, 0.1) is 0 Å². The summed E-state index contributed by atoms with van der Waals surface area (Å²) < 4.78 is 6.06. The number of para-hydroxylation sites is 1. The summed E-state index contributed by atoms with van der Waals surface area (Å²) in [4.78, 5) is 16.5. The van der Waals surface area contributed by atoms with E-state index in [4.69, 9.17) is 4.74 Å². The second-order valence-corrected chi connectivity index (χ2v) is 7.65. The predicted molar refractivity (Wildman–Crippen MR) is 134 cm³/mol. The van der Waals surface area contributed by atoms with E-state index in [-0.39, 0.29) is 35.5 Å². The third kappa shape index (κ3) is 8.61. The molecule has 0 aliphatic rings. The summed E-state index contributed by atoms with van der Waals surface area (Å²) in [7, 11) is 1.63. The molecule has 2 rings (SSSR count). The van der Waals surface area contributed by atoms with Crippen molar-refractivity contribution >= 4 is 35.8 Å². The van der Waals surface area contributed by atoms with Gasteiger partial charge < -0.3 is 20.7 Å². The van der Waals surface area contributed by atoms with Crippen molar-refractivity contribution < 1.29 is 9.53 Å². The third-order valence-electron chi connectivity index (χ3n) is 4.02. The van der Waals surface area contributed by atoms with E-state index in [1.54, 1.807) is 13.1 Å². The normalized spacial score (nSPS) is 11.3. The zero-order valence-electron chi connectivity index (χ0n) is 18.4. The predicted octanol–water partition coefficient (Wildman–Crippen LogP) is 4.10. The van der Waals surface area contributed by atoms with E-state index in [2.05, 4.69) is 20.9 Å². The van der Waals surface area contributed by atoms with Gasteiger partial charge >= 0.3 is 0 Å². The lowest BCUT2D eigenvalue weighted by atomic mass is 10.1. The van der Waals surface area contributed by atoms with E-state index in [0.29, 0.717) is 24.6 Å². The first-order chi connectivity index (χ1) is 13.8. The third-order valence-corrected chi connectivity index (χ3v) is 4.02. The van der Waals surface area contributed by atoms with Gasteiger partial charge in [0.2, 0.25) is 0 Å². The number of rotatable bonds is 7. The first-order valence-electron chi connectivity index (χ1n) is 9.92. The number of hydrogen-bond donors (Lipinski definition) is 3. The van der Waals surface area contributed by atoms with Crippen LogP contribution in [0.3, 0.4) is 0 Å². The highest BCUT2D eigenvalue weighted by Gasteiger charge is 2.14. The maximum Gasteiger partial charge on any atom is 0.251 e. The number of amides is 1. The van der Waals surface area contributed by atoms with E-state index in [9.17, 15) is 4.79 Å². The molecule has 0 aliphatic carbocycles. The summed E-state index contributed by atoms with van der Waals surface area (Å²) in [6, 6.07) is 15.5. The Bertz CT molecular complexity index is 847. The van der Waals surface area contributed by atoms with Crippen molar-refractivity contribution in [1.82, 2.24) is 16.0 Å². The fourth-order valence-corrected chi connectivity index (χ4v) is 2.73. The Morgan fingerprint density at radius 3 is 2.47 bits per heavy atom. The van der Waals surface area contributed by atoms with Crippen LogP contribution in [-0.2, 0) is 13.1 Å². The SMILES string of the molecule is CCNC(=NCc1cccc(C(=O)NC)c1)NCc1ccccc1OC(C)(C)C.I. The molecule has 2 aromatic carbocycles. The zero-order chi connectivity index (χ0) is 21.3. The van der Waals surface area contributed by atoms with Crippen molar-refractivity contribution in [2.45, 2.75) is 46.4 Å². The van der Waals surface area contributed by atoms with Gasteiger partial charge in [0.1, 0.15) is 11.4 Å². The number of ether oxygens (including phenoxy) is 1. The van der Waals surface area contributed by atoms with E-state index in [0.717, 1.165) is 23.4 Å². The summed E-state index contributed by atoms with van der Waals surface area (Å²) in [5.41, 5.74) is 2.41. The number of halogens is 1. The van der Waals surface area contributed by atoms with Gasteiger partial charge in [0, 0.05) is 31.3 Å². The van der Waals surface area contributed by atoms with E-state index < -0.39 is 0 Å². The number of aliphatic imine (C=N–C) groups is 1. The number of benzene rings is 2. The number of nitrogens with zero attached hydrogens (tertiary/aromatic N) is 1. The second-order valence-electron chi connectivity index (χ2n) is 7.65. The Kier molecular flexibility index (Phi) is 10.7. The average molecular weight is 524 g/mol. The number of carbonyl (C=O) groups is 1. The second kappa shape index (κ2) is 12.4. The van der Waals surface area contributed by atoms with Crippen LogP contribution in [0.5, 0.6) is 5.75 Å². The lowest BCUT2D eigenvalue weighted by molar-refractivity contribution is 0.0963. The summed E-state index contributed by atoms with van der Waals surface area (Å²) in [6.45, 7) is 9.96. The molecular formula is C23H33IN4O2. The summed E-state index contributed by atoms with van der Waals surface area (Å²) in [5.74, 6) is 1.47. The minimum absolute atomic E-state index is 0. The van der Waals surface area contributed by atoms with Crippen LogP contribution in [-0.4, -0.2) is 31.1 Å². The Morgan fingerprint density at radius 1 is 1.07 bits per heavy atom. The summed E-state index contributed by atoms with van der Waals surface area (Å²) >= 11 is 0. The van der Waals surface area contributed by atoms with E-state index >= 15 is 0 Å². The molecule has 0 saturated heterocycles. The zero-order valence-corrected chi connectivity index (χ0v) is 20.7. The molecule has 0 radical (unpaired) electrons. The molecule has 0 aliphatic heterocycles. The number of hydrogen-bond acceptors (Lipinski definition) is 3. The Hall–Kier alpha value is -2.29. The quantitative estimate of drug-likeness (QED) is 0.290. The molecule has 1 amide bonds. The minimum atomic E-state index is -0.259. The number of carbonyl (C=O) groups excluding carboxylic acids is 1. The molecule has 0 spiro atoms. The van der Waals surface area contributed by atoms with Crippen molar-refractivity contribution in [3.05, 3.63) is 65.2 Å². The summed E-state index contributed by atoms with van der Waals surface area (Å²) in [5, 5.41) is 9.26. The molecule has 6 nitrogen and oxygen atoms in total. The number of guanidine groups is 1. The van der Waals surface area contributed by atoms with Crippen LogP contribution in [0.15, 0.2) is 53.5 Å². The van der Waals surface area contributed by atoms with Crippen molar-refractivity contribution in [3.63, 3.8) is 0 Å². The van der Waals surface area contributed by atoms with Gasteiger partial charge in [-0.1, -0.05) is 30.3 Å². The molecular weight excluding hydrogens is 491 g/mol. The maximum absolute atomic E-state index is 11.8. The topological polar surface area (TPSA) is 74.8 Å². The lowest BCUT2D eigenvalue weighted by Gasteiger charge is -2.23. The Balaban J connectivity index is 0.00000450. The lowest BCUT2D eigenvalue weighted by Crippen LogP contribution is -2.37. The molecule has 0 fully saturated rings. The van der Waals surface area contributed by atoms with E-state index in [1.807, 2.05) is 70.2 Å². The fourth-order valence-electron chi connectivity index (χ4n) is 2.73. The van der Waals surface area contributed by atoms with Gasteiger partial charge in [-0.15, -0.1) is 24.0 Å². The van der Waals surface area contributed by atoms with Crippen LogP contribution in [0.4, 0.5) is 0 Å². The number of nitrogens with one attached hydrogen (secondary N) is 3. The van der Waals surface area contributed by atoms with Crippen LogP contribution < -0.4 is 20.7 Å². The molecule has 2 aromatic rings. The fraction of sp³-hybridized carbons (Fsp3) is 0.391. The smallest absolute Gasteiger partial charge is 0.251 e. The minimum Gasteiger partial charge on any atom is -0.488 e. The highest BCUT2D eigenvalue weighted by atomic mass is 127. The monoisotopic (exact) mass is 524 g/mol. The Labute approximate surface area is 196 Å². The average Bonchev–Trinajstić information content (AvgIpc) is 2.69. The molecule has 30 heavy (non-hydrogen) atoms. The van der Waals surface area contributed by atoms with Gasteiger partial charge in [-0.25, -0.2) is 4.99 Å². The first-order valence-corrected chi connectivity index (χ1v) is 9.92. The van der Waals surface area contributed by atoms with Gasteiger partial charge in [-0.3, -0.25) is 4.79 Å². The van der Waals surface area contributed by atoms with Crippen molar-refractivity contribution in [2.24, 2.45) is 4.99 Å². The molecule has 0 bridgehead atoms. The Morgan fingerprint density at radius 2 is 1.80 bits per heavy atom. The first kappa shape index (κ1) is 25.7. The molecule has 0 saturated carbocycles. The van der Waals surface area contributed by atoms with Gasteiger partial charge in [0.15, 0.2) is 5.96 Å². The van der Waals surface area contributed by atoms with Crippen molar-refractivity contribution in [1.29, 1.82) is 0 Å². The molecule has 0 atom stereocenters. The standard InChI is InChI=1S/C23H32N4O2.HI/c1-6-25-22(26-15-17-10-9-12-18(14-17)21(28)24-5)27-16-19-11-7-8-13-20(19)29-23(2,3)4;/h7-14H,6,15-16H2,1-5H3,(H,24,28)(H2,25,26,27);1H. The van der Waals surface area contributed by atoms with Crippen molar-refractivity contribution in [3.8, 4) is 5.75 Å². The summed E-state index contributed by atoms with van der Waals surface area (Å²) in [6.07, 6.45) is 0. The van der Waals surface area contributed by atoms with Gasteiger partial charge in [-0.05, 0) is 51.5 Å². The van der Waals surface area contributed by atoms with Crippen LogP contribution >= 0.6 is 24.0 Å². The van der Waals surface area contributed by atoms with E-state index in [1.165, 1.54) is 0 Å². The van der Waals surface area contributed by atoms with Gasteiger partial charge in [0.05, 0.1) is 6.54 Å². The largest absolute Gasteiger partial charge is 0.488 e. The van der Waals surface area contributed by atoms with Crippen LogP contribution in [0.2, 0.25) is 0 Å². The maximum atomic E-state index is 11.8. The molecule has 3 N–H and O–H groups in total. The molecule has 0 unspecified atom stereocenters. The molecule has 0 aromatic heterocycles. The highest BCUT2D eigenvalue weighted by molar-refractivity contribution is 14.0. The molecule has 7 heteroatoms. The highest BCUT2D eigenvalue weighted by Crippen LogP contribution is 2.22. The van der Waals surface area contributed by atoms with Crippen LogP contribution in [0.1, 0.15) is 49.2 Å². The van der Waals surface area contributed by atoms with Gasteiger partial charge in [0.25, 0.3) is 5.91 Å². The van der Waals surface area contributed by atoms with Gasteiger partial charge in [-0.2, -0.15) is 0 Å². The molecule has 164 valence electrons. The molecule has 0 heterocycles.